The molecule has 2 rings (SSSR count). The summed E-state index contributed by atoms with van der Waals surface area (Å²) in [6.07, 6.45) is 1.80. The molecule has 4 heteroatoms. The molecule has 0 fully saturated rings. The number of aryl methyl sites for hydroxylation is 1. The summed E-state index contributed by atoms with van der Waals surface area (Å²) in [6, 6.07) is 9.34. The molecule has 0 saturated carbocycles. The van der Waals surface area contributed by atoms with E-state index in [1.165, 1.54) is 0 Å². The summed E-state index contributed by atoms with van der Waals surface area (Å²) in [4.78, 5) is 12.0. The van der Waals surface area contributed by atoms with E-state index in [1.807, 2.05) is 38.1 Å². The van der Waals surface area contributed by atoms with Crippen molar-refractivity contribution in [1.29, 1.82) is 0 Å². The van der Waals surface area contributed by atoms with Crippen LogP contribution < -0.4 is 16.0 Å². The van der Waals surface area contributed by atoms with Gasteiger partial charge in [0.2, 0.25) is 0 Å². The van der Waals surface area contributed by atoms with Crippen molar-refractivity contribution in [2.24, 2.45) is 5.73 Å². The molecule has 0 aliphatic carbocycles. The standard InChI is InChI=1S/C16H20N2O2/c1-11-6-7-18(16(19)8-11)10-14-9-13(12(2)17)4-5-15(14)20-3/h4-9,12H,10,17H2,1-3H3. The van der Waals surface area contributed by atoms with Crippen LogP contribution in [0.5, 0.6) is 5.75 Å². The lowest BCUT2D eigenvalue weighted by Crippen LogP contribution is -2.19. The summed E-state index contributed by atoms with van der Waals surface area (Å²) < 4.78 is 7.02. The molecule has 0 amide bonds. The molecule has 0 radical (unpaired) electrons. The van der Waals surface area contributed by atoms with Crippen molar-refractivity contribution in [3.05, 3.63) is 63.6 Å². The van der Waals surface area contributed by atoms with E-state index < -0.39 is 0 Å². The summed E-state index contributed by atoms with van der Waals surface area (Å²) in [7, 11) is 1.63. The lowest BCUT2D eigenvalue weighted by Gasteiger charge is -2.14. The van der Waals surface area contributed by atoms with Crippen molar-refractivity contribution < 1.29 is 4.74 Å². The first kappa shape index (κ1) is 14.3. The fourth-order valence-corrected chi connectivity index (χ4v) is 2.13. The van der Waals surface area contributed by atoms with Gasteiger partial charge in [-0.05, 0) is 43.2 Å². The van der Waals surface area contributed by atoms with Crippen molar-refractivity contribution in [3.63, 3.8) is 0 Å². The number of aromatic nitrogens is 1. The van der Waals surface area contributed by atoms with Crippen LogP contribution in [0.1, 0.15) is 29.7 Å². The highest BCUT2D eigenvalue weighted by atomic mass is 16.5. The van der Waals surface area contributed by atoms with Crippen LogP contribution in [0.4, 0.5) is 0 Å². The van der Waals surface area contributed by atoms with Gasteiger partial charge in [-0.3, -0.25) is 4.79 Å². The first-order chi connectivity index (χ1) is 9.51. The number of ether oxygens (including phenoxy) is 1. The van der Waals surface area contributed by atoms with Gasteiger partial charge in [0.1, 0.15) is 5.75 Å². The molecule has 1 aromatic carbocycles. The molecule has 1 atom stereocenters. The Morgan fingerprint density at radius 1 is 1.30 bits per heavy atom. The molecular formula is C16H20N2O2. The summed E-state index contributed by atoms with van der Waals surface area (Å²) in [5, 5.41) is 0. The average molecular weight is 272 g/mol. The second-order valence-corrected chi connectivity index (χ2v) is 5.03. The molecule has 1 aromatic heterocycles. The third kappa shape index (κ3) is 3.08. The van der Waals surface area contributed by atoms with Crippen LogP contribution in [0.3, 0.4) is 0 Å². The third-order valence-corrected chi connectivity index (χ3v) is 3.32. The highest BCUT2D eigenvalue weighted by Gasteiger charge is 2.08. The molecule has 0 aliphatic rings. The van der Waals surface area contributed by atoms with Crippen LogP contribution in [-0.4, -0.2) is 11.7 Å². The summed E-state index contributed by atoms with van der Waals surface area (Å²) >= 11 is 0. The van der Waals surface area contributed by atoms with E-state index in [0.29, 0.717) is 6.54 Å². The van der Waals surface area contributed by atoms with Gasteiger partial charge in [-0.1, -0.05) is 6.07 Å². The Balaban J connectivity index is 2.40. The monoisotopic (exact) mass is 272 g/mol. The highest BCUT2D eigenvalue weighted by molar-refractivity contribution is 5.38. The third-order valence-electron chi connectivity index (χ3n) is 3.32. The lowest BCUT2D eigenvalue weighted by atomic mass is 10.0. The van der Waals surface area contributed by atoms with E-state index in [9.17, 15) is 4.79 Å². The van der Waals surface area contributed by atoms with Crippen molar-refractivity contribution >= 4 is 0 Å². The maximum Gasteiger partial charge on any atom is 0.251 e. The van der Waals surface area contributed by atoms with E-state index in [4.69, 9.17) is 10.5 Å². The minimum atomic E-state index is -0.0469. The summed E-state index contributed by atoms with van der Waals surface area (Å²) in [6.45, 7) is 4.32. The van der Waals surface area contributed by atoms with Crippen LogP contribution >= 0.6 is 0 Å². The SMILES string of the molecule is COc1ccc(C(C)N)cc1Cn1ccc(C)cc1=O. The van der Waals surface area contributed by atoms with Gasteiger partial charge < -0.3 is 15.0 Å². The van der Waals surface area contributed by atoms with Crippen molar-refractivity contribution in [2.45, 2.75) is 26.4 Å². The number of pyridine rings is 1. The van der Waals surface area contributed by atoms with Crippen LogP contribution in [-0.2, 0) is 6.54 Å². The topological polar surface area (TPSA) is 57.2 Å². The maximum absolute atomic E-state index is 12.0. The quantitative estimate of drug-likeness (QED) is 0.928. The Labute approximate surface area is 118 Å². The van der Waals surface area contributed by atoms with Gasteiger partial charge in [-0.2, -0.15) is 0 Å². The Hall–Kier alpha value is -2.07. The number of rotatable bonds is 4. The van der Waals surface area contributed by atoms with E-state index in [0.717, 1.165) is 22.4 Å². The second kappa shape index (κ2) is 5.92. The fourth-order valence-electron chi connectivity index (χ4n) is 2.13. The van der Waals surface area contributed by atoms with E-state index in [1.54, 1.807) is 23.9 Å². The van der Waals surface area contributed by atoms with E-state index >= 15 is 0 Å². The zero-order chi connectivity index (χ0) is 14.7. The first-order valence-corrected chi connectivity index (χ1v) is 6.60. The fraction of sp³-hybridized carbons (Fsp3) is 0.312. The molecule has 0 bridgehead atoms. The maximum atomic E-state index is 12.0. The van der Waals surface area contributed by atoms with Crippen molar-refractivity contribution in [2.75, 3.05) is 7.11 Å². The van der Waals surface area contributed by atoms with Crippen LogP contribution in [0, 0.1) is 6.92 Å². The molecular weight excluding hydrogens is 252 g/mol. The molecule has 1 heterocycles. The van der Waals surface area contributed by atoms with Gasteiger partial charge in [0.05, 0.1) is 13.7 Å². The zero-order valence-corrected chi connectivity index (χ0v) is 12.1. The normalized spacial score (nSPS) is 12.2. The molecule has 0 spiro atoms. The molecule has 106 valence electrons. The summed E-state index contributed by atoms with van der Waals surface area (Å²) in [5.41, 5.74) is 8.83. The largest absolute Gasteiger partial charge is 0.496 e. The Morgan fingerprint density at radius 2 is 2.05 bits per heavy atom. The van der Waals surface area contributed by atoms with Gasteiger partial charge in [0.25, 0.3) is 5.56 Å². The molecule has 20 heavy (non-hydrogen) atoms. The summed E-state index contributed by atoms with van der Waals surface area (Å²) in [5.74, 6) is 0.766. The predicted molar refractivity (Wildman–Crippen MR) is 80.1 cm³/mol. The lowest BCUT2D eigenvalue weighted by molar-refractivity contribution is 0.408. The molecule has 4 nitrogen and oxygen atoms in total. The van der Waals surface area contributed by atoms with Gasteiger partial charge in [0, 0.05) is 23.9 Å². The van der Waals surface area contributed by atoms with Gasteiger partial charge in [-0.25, -0.2) is 0 Å². The van der Waals surface area contributed by atoms with Gasteiger partial charge >= 0.3 is 0 Å². The van der Waals surface area contributed by atoms with E-state index in [2.05, 4.69) is 0 Å². The number of hydrogen-bond acceptors (Lipinski definition) is 3. The number of benzene rings is 1. The highest BCUT2D eigenvalue weighted by Crippen LogP contribution is 2.23. The molecule has 2 N–H and O–H groups in total. The van der Waals surface area contributed by atoms with E-state index in [-0.39, 0.29) is 11.6 Å². The molecule has 0 saturated heterocycles. The Bertz CT molecular complexity index is 660. The van der Waals surface area contributed by atoms with Crippen molar-refractivity contribution in [3.8, 4) is 5.75 Å². The van der Waals surface area contributed by atoms with Gasteiger partial charge in [-0.15, -0.1) is 0 Å². The zero-order valence-electron chi connectivity index (χ0n) is 12.1. The van der Waals surface area contributed by atoms with Gasteiger partial charge in [0.15, 0.2) is 0 Å². The predicted octanol–water partition coefficient (Wildman–Crippen LogP) is 2.23. The number of methoxy groups -OCH3 is 1. The minimum absolute atomic E-state index is 0.0155. The minimum Gasteiger partial charge on any atom is -0.496 e. The average Bonchev–Trinajstić information content (AvgIpc) is 2.41. The molecule has 2 aromatic rings. The number of nitrogens with two attached hydrogens (primary N) is 1. The number of hydrogen-bond donors (Lipinski definition) is 1. The van der Waals surface area contributed by atoms with Crippen LogP contribution in [0.15, 0.2) is 41.3 Å². The van der Waals surface area contributed by atoms with Crippen LogP contribution in [0.25, 0.3) is 0 Å². The second-order valence-electron chi connectivity index (χ2n) is 5.03. The molecule has 0 aliphatic heterocycles. The molecule has 1 unspecified atom stereocenters. The first-order valence-electron chi connectivity index (χ1n) is 6.60. The smallest absolute Gasteiger partial charge is 0.251 e. The Morgan fingerprint density at radius 3 is 2.65 bits per heavy atom. The Kier molecular flexibility index (Phi) is 4.25. The van der Waals surface area contributed by atoms with Crippen molar-refractivity contribution in [1.82, 2.24) is 4.57 Å². The van der Waals surface area contributed by atoms with Crippen LogP contribution in [0.2, 0.25) is 0 Å². The number of nitrogens with zero attached hydrogens (tertiary/aromatic N) is 1.